The molecule has 0 saturated carbocycles. The fourth-order valence-corrected chi connectivity index (χ4v) is 2.70. The van der Waals surface area contributed by atoms with Crippen LogP contribution in [0.25, 0.3) is 0 Å². The van der Waals surface area contributed by atoms with E-state index in [4.69, 9.17) is 0 Å². The molecule has 2 N–H and O–H groups in total. The monoisotopic (exact) mass is 274 g/mol. The van der Waals surface area contributed by atoms with Gasteiger partial charge in [0, 0.05) is 29.3 Å². The van der Waals surface area contributed by atoms with Crippen LogP contribution < -0.4 is 10.6 Å². The topological polar surface area (TPSA) is 66.9 Å². The molecule has 1 aliphatic rings. The number of hydrogen-bond acceptors (Lipinski definition) is 5. The van der Waals surface area contributed by atoms with E-state index in [1.54, 1.807) is 6.92 Å². The van der Waals surface area contributed by atoms with Crippen LogP contribution in [-0.2, 0) is 6.42 Å². The zero-order chi connectivity index (χ0) is 13.2. The average Bonchev–Trinajstić information content (AvgIpc) is 2.83. The van der Waals surface area contributed by atoms with E-state index >= 15 is 0 Å². The molecular weight excluding hydrogens is 260 g/mol. The second kappa shape index (κ2) is 4.97. The van der Waals surface area contributed by atoms with Crippen molar-refractivity contribution in [2.75, 3.05) is 17.2 Å². The van der Waals surface area contributed by atoms with Crippen molar-refractivity contribution in [1.82, 2.24) is 9.36 Å². The van der Waals surface area contributed by atoms with Crippen molar-refractivity contribution in [3.05, 3.63) is 35.2 Å². The summed E-state index contributed by atoms with van der Waals surface area (Å²) < 4.78 is 4.04. The number of aromatic nitrogens is 2. The van der Waals surface area contributed by atoms with Gasteiger partial charge in [-0.05, 0) is 43.5 Å². The number of amides is 1. The Labute approximate surface area is 115 Å². The molecule has 1 aliphatic heterocycles. The molecule has 0 saturated heterocycles. The summed E-state index contributed by atoms with van der Waals surface area (Å²) in [7, 11) is 0. The number of carbonyl (C=O) groups excluding carboxylic acids is 1. The second-order valence-corrected chi connectivity index (χ2v) is 5.25. The van der Waals surface area contributed by atoms with Gasteiger partial charge < -0.3 is 5.32 Å². The molecule has 19 heavy (non-hydrogen) atoms. The number of fused-ring (bicyclic) bond motifs is 1. The van der Waals surface area contributed by atoms with Gasteiger partial charge in [-0.2, -0.15) is 4.37 Å². The Balaban J connectivity index is 1.80. The quantitative estimate of drug-likeness (QED) is 0.882. The minimum absolute atomic E-state index is 0.135. The highest BCUT2D eigenvalue weighted by Crippen LogP contribution is 2.23. The van der Waals surface area contributed by atoms with Crippen molar-refractivity contribution < 1.29 is 4.79 Å². The van der Waals surface area contributed by atoms with E-state index in [0.717, 1.165) is 25.1 Å². The lowest BCUT2D eigenvalue weighted by molar-refractivity contribution is 0.102. The molecule has 2 aromatic rings. The molecule has 0 fully saturated rings. The van der Waals surface area contributed by atoms with E-state index in [9.17, 15) is 4.79 Å². The van der Waals surface area contributed by atoms with Crippen molar-refractivity contribution in [2.24, 2.45) is 0 Å². The van der Waals surface area contributed by atoms with Gasteiger partial charge in [-0.15, -0.1) is 0 Å². The third-order valence-corrected chi connectivity index (χ3v) is 3.78. The Hall–Kier alpha value is -1.95. The third-order valence-electron chi connectivity index (χ3n) is 3.05. The normalized spacial score (nSPS) is 13.5. The standard InChI is InChI=1S/C13H14N4OS/c1-8-15-13(19-17-8)16-12(18)10-4-5-11-9(7-10)3-2-6-14-11/h4-5,7,14H,2-3,6H2,1H3,(H,15,16,17,18). The molecule has 5 nitrogen and oxygen atoms in total. The molecule has 1 aromatic carbocycles. The lowest BCUT2D eigenvalue weighted by atomic mass is 10.0. The summed E-state index contributed by atoms with van der Waals surface area (Å²) in [6, 6.07) is 5.75. The zero-order valence-electron chi connectivity index (χ0n) is 10.6. The Morgan fingerprint density at radius 1 is 1.47 bits per heavy atom. The third kappa shape index (κ3) is 2.58. The minimum atomic E-state index is -0.135. The first-order valence-electron chi connectivity index (χ1n) is 6.21. The summed E-state index contributed by atoms with van der Waals surface area (Å²) in [5.41, 5.74) is 3.00. The maximum atomic E-state index is 12.1. The molecule has 0 spiro atoms. The molecule has 0 atom stereocenters. The molecule has 1 amide bonds. The molecule has 2 heterocycles. The number of carbonyl (C=O) groups is 1. The summed E-state index contributed by atoms with van der Waals surface area (Å²) in [6.07, 6.45) is 2.12. The summed E-state index contributed by atoms with van der Waals surface area (Å²) in [5, 5.41) is 6.64. The van der Waals surface area contributed by atoms with Crippen molar-refractivity contribution in [3.63, 3.8) is 0 Å². The fourth-order valence-electron chi connectivity index (χ4n) is 2.13. The maximum Gasteiger partial charge on any atom is 0.257 e. The fraction of sp³-hybridized carbons (Fsp3) is 0.308. The molecule has 1 aromatic heterocycles. The summed E-state index contributed by atoms with van der Waals surface area (Å²) >= 11 is 1.20. The minimum Gasteiger partial charge on any atom is -0.385 e. The summed E-state index contributed by atoms with van der Waals surface area (Å²) in [5.74, 6) is 0.541. The first kappa shape index (κ1) is 12.1. The predicted octanol–water partition coefficient (Wildman–Crippen LogP) is 2.46. The van der Waals surface area contributed by atoms with Crippen LogP contribution in [0.2, 0.25) is 0 Å². The molecule has 6 heteroatoms. The SMILES string of the molecule is Cc1nsc(NC(=O)c2ccc3c(c2)CCCN3)n1. The van der Waals surface area contributed by atoms with Gasteiger partial charge in [0.15, 0.2) is 0 Å². The van der Waals surface area contributed by atoms with E-state index in [-0.39, 0.29) is 5.91 Å². The molecule has 0 unspecified atom stereocenters. The predicted molar refractivity (Wildman–Crippen MR) is 75.9 cm³/mol. The largest absolute Gasteiger partial charge is 0.385 e. The highest BCUT2D eigenvalue weighted by Gasteiger charge is 2.13. The van der Waals surface area contributed by atoms with Crippen LogP contribution >= 0.6 is 11.5 Å². The van der Waals surface area contributed by atoms with Crippen molar-refractivity contribution in [1.29, 1.82) is 0 Å². The average molecular weight is 274 g/mol. The van der Waals surface area contributed by atoms with Gasteiger partial charge in [0.2, 0.25) is 5.13 Å². The number of nitrogens with one attached hydrogen (secondary N) is 2. The first-order chi connectivity index (χ1) is 9.22. The van der Waals surface area contributed by atoms with Gasteiger partial charge in [0.25, 0.3) is 5.91 Å². The molecule has 0 bridgehead atoms. The molecule has 0 aliphatic carbocycles. The van der Waals surface area contributed by atoms with Gasteiger partial charge in [-0.1, -0.05) is 0 Å². The lowest BCUT2D eigenvalue weighted by Gasteiger charge is -2.18. The van der Waals surface area contributed by atoms with Crippen LogP contribution in [0.4, 0.5) is 10.8 Å². The van der Waals surface area contributed by atoms with Crippen molar-refractivity contribution >= 4 is 28.3 Å². The number of anilines is 2. The Kier molecular flexibility index (Phi) is 3.16. The van der Waals surface area contributed by atoms with Crippen molar-refractivity contribution in [3.8, 4) is 0 Å². The highest BCUT2D eigenvalue weighted by molar-refractivity contribution is 7.09. The van der Waals surface area contributed by atoms with Crippen LogP contribution in [0, 0.1) is 6.92 Å². The number of rotatable bonds is 2. The van der Waals surface area contributed by atoms with Gasteiger partial charge in [0.05, 0.1) is 0 Å². The first-order valence-corrected chi connectivity index (χ1v) is 6.98. The highest BCUT2D eigenvalue weighted by atomic mass is 32.1. The summed E-state index contributed by atoms with van der Waals surface area (Å²) in [6.45, 7) is 2.80. The van der Waals surface area contributed by atoms with Crippen LogP contribution in [0.15, 0.2) is 18.2 Å². The van der Waals surface area contributed by atoms with Crippen LogP contribution in [-0.4, -0.2) is 21.8 Å². The Bertz CT molecular complexity index is 623. The summed E-state index contributed by atoms with van der Waals surface area (Å²) in [4.78, 5) is 16.2. The lowest BCUT2D eigenvalue weighted by Crippen LogP contribution is -2.15. The van der Waals surface area contributed by atoms with E-state index < -0.39 is 0 Å². The van der Waals surface area contributed by atoms with Crippen LogP contribution in [0.5, 0.6) is 0 Å². The molecule has 3 rings (SSSR count). The van der Waals surface area contributed by atoms with Crippen LogP contribution in [0.1, 0.15) is 28.2 Å². The smallest absolute Gasteiger partial charge is 0.257 e. The van der Waals surface area contributed by atoms with Crippen molar-refractivity contribution in [2.45, 2.75) is 19.8 Å². The number of benzene rings is 1. The Morgan fingerprint density at radius 2 is 2.37 bits per heavy atom. The number of aryl methyl sites for hydroxylation is 2. The maximum absolute atomic E-state index is 12.1. The van der Waals surface area contributed by atoms with Gasteiger partial charge >= 0.3 is 0 Å². The molecular formula is C13H14N4OS. The number of nitrogens with zero attached hydrogens (tertiary/aromatic N) is 2. The van der Waals surface area contributed by atoms with E-state index in [1.807, 2.05) is 18.2 Å². The number of hydrogen-bond donors (Lipinski definition) is 2. The van der Waals surface area contributed by atoms with Crippen LogP contribution in [0.3, 0.4) is 0 Å². The Morgan fingerprint density at radius 3 is 3.16 bits per heavy atom. The van der Waals surface area contributed by atoms with E-state index in [0.29, 0.717) is 16.5 Å². The van der Waals surface area contributed by atoms with Gasteiger partial charge in [-0.25, -0.2) is 4.98 Å². The van der Waals surface area contributed by atoms with Gasteiger partial charge in [0.1, 0.15) is 5.82 Å². The zero-order valence-corrected chi connectivity index (χ0v) is 11.4. The molecule has 98 valence electrons. The van der Waals surface area contributed by atoms with Gasteiger partial charge in [-0.3, -0.25) is 10.1 Å². The molecule has 0 radical (unpaired) electrons. The van der Waals surface area contributed by atoms with E-state index in [1.165, 1.54) is 17.1 Å². The second-order valence-electron chi connectivity index (χ2n) is 4.50. The van der Waals surface area contributed by atoms with E-state index in [2.05, 4.69) is 20.0 Å².